The Kier molecular flexibility index (Phi) is 6.43. The Balaban J connectivity index is 3.41. The Morgan fingerprint density at radius 2 is 1.81 bits per heavy atom. The van der Waals surface area contributed by atoms with Crippen LogP contribution >= 0.6 is 23.5 Å². The first-order valence-electron chi connectivity index (χ1n) is 6.09. The number of halogens is 4. The van der Waals surface area contributed by atoms with Gasteiger partial charge < -0.3 is 14.2 Å². The standard InChI is InChI=1S/C12H15BrF3O4P/c1-3-19-21(18,20-4-2)12(15,16)9-6-11(14)8(7-17)5-10(9)13/h5-6,17H,3-4,7H2,1-2H3. The third-order valence-corrected chi connectivity index (χ3v) is 5.35. The zero-order valence-electron chi connectivity index (χ0n) is 11.4. The van der Waals surface area contributed by atoms with Gasteiger partial charge in [-0.1, -0.05) is 15.9 Å². The Morgan fingerprint density at radius 1 is 1.29 bits per heavy atom. The van der Waals surface area contributed by atoms with Crippen LogP contribution in [-0.4, -0.2) is 18.3 Å². The highest BCUT2D eigenvalue weighted by atomic mass is 79.9. The lowest BCUT2D eigenvalue weighted by molar-refractivity contribution is 0.0351. The maximum absolute atomic E-state index is 14.5. The summed E-state index contributed by atoms with van der Waals surface area (Å²) in [7, 11) is -4.81. The van der Waals surface area contributed by atoms with Crippen LogP contribution in [0.1, 0.15) is 25.0 Å². The van der Waals surface area contributed by atoms with Gasteiger partial charge in [-0.25, -0.2) is 4.39 Å². The minimum absolute atomic E-state index is 0.163. The normalized spacial score (nSPS) is 12.7. The van der Waals surface area contributed by atoms with Gasteiger partial charge in [0.25, 0.3) is 0 Å². The Morgan fingerprint density at radius 3 is 2.24 bits per heavy atom. The number of benzene rings is 1. The highest BCUT2D eigenvalue weighted by Crippen LogP contribution is 2.67. The van der Waals surface area contributed by atoms with E-state index in [1.54, 1.807) is 0 Å². The average molecular weight is 391 g/mol. The van der Waals surface area contributed by atoms with Gasteiger partial charge in [-0.15, -0.1) is 0 Å². The molecule has 1 aromatic rings. The summed E-state index contributed by atoms with van der Waals surface area (Å²) in [4.78, 5) is 0. The van der Waals surface area contributed by atoms with E-state index < -0.39 is 31.2 Å². The second kappa shape index (κ2) is 7.24. The van der Waals surface area contributed by atoms with Crippen molar-refractivity contribution in [2.24, 2.45) is 0 Å². The number of aliphatic hydroxyl groups is 1. The van der Waals surface area contributed by atoms with E-state index in [0.29, 0.717) is 6.07 Å². The van der Waals surface area contributed by atoms with Crippen molar-refractivity contribution >= 4 is 23.5 Å². The summed E-state index contributed by atoms with van der Waals surface area (Å²) in [5, 5.41) is 8.91. The molecule has 120 valence electrons. The maximum atomic E-state index is 14.5. The molecule has 1 aromatic carbocycles. The molecule has 0 aliphatic heterocycles. The van der Waals surface area contributed by atoms with Crippen molar-refractivity contribution in [1.82, 2.24) is 0 Å². The fraction of sp³-hybridized carbons (Fsp3) is 0.500. The smallest absolute Gasteiger partial charge is 0.392 e. The third-order valence-electron chi connectivity index (χ3n) is 2.57. The fourth-order valence-corrected chi connectivity index (χ4v) is 3.98. The first-order chi connectivity index (χ1) is 9.73. The van der Waals surface area contributed by atoms with Crippen LogP contribution in [0.4, 0.5) is 13.2 Å². The maximum Gasteiger partial charge on any atom is 0.404 e. The lowest BCUT2D eigenvalue weighted by Gasteiger charge is -2.26. The van der Waals surface area contributed by atoms with Gasteiger partial charge >= 0.3 is 13.3 Å². The molecule has 0 aliphatic carbocycles. The van der Waals surface area contributed by atoms with Crippen LogP contribution < -0.4 is 0 Å². The van der Waals surface area contributed by atoms with E-state index in [4.69, 9.17) is 5.11 Å². The largest absolute Gasteiger partial charge is 0.404 e. The van der Waals surface area contributed by atoms with Crippen LogP contribution in [-0.2, 0) is 25.9 Å². The van der Waals surface area contributed by atoms with Crippen molar-refractivity contribution in [1.29, 1.82) is 0 Å². The van der Waals surface area contributed by atoms with Crippen molar-refractivity contribution in [3.8, 4) is 0 Å². The molecule has 4 nitrogen and oxygen atoms in total. The van der Waals surface area contributed by atoms with Crippen molar-refractivity contribution < 1.29 is 31.9 Å². The molecule has 0 saturated carbocycles. The molecule has 0 saturated heterocycles. The van der Waals surface area contributed by atoms with E-state index in [2.05, 4.69) is 25.0 Å². The van der Waals surface area contributed by atoms with E-state index in [1.165, 1.54) is 13.8 Å². The molecule has 0 aliphatic rings. The molecule has 0 fully saturated rings. The molecule has 21 heavy (non-hydrogen) atoms. The summed E-state index contributed by atoms with van der Waals surface area (Å²) in [5.41, 5.74) is -5.06. The van der Waals surface area contributed by atoms with E-state index in [-0.39, 0.29) is 23.2 Å². The number of alkyl halides is 2. The third kappa shape index (κ3) is 3.68. The second-order valence-electron chi connectivity index (χ2n) is 3.96. The molecule has 0 bridgehead atoms. The Bertz CT molecular complexity index is 544. The Hall–Kier alpha value is -0.400. The minimum Gasteiger partial charge on any atom is -0.392 e. The summed E-state index contributed by atoms with van der Waals surface area (Å²) < 4.78 is 63.9. The second-order valence-corrected chi connectivity index (χ2v) is 6.88. The van der Waals surface area contributed by atoms with Gasteiger partial charge in [0.2, 0.25) is 0 Å². The molecule has 1 N–H and O–H groups in total. The van der Waals surface area contributed by atoms with Gasteiger partial charge in [0.1, 0.15) is 5.82 Å². The van der Waals surface area contributed by atoms with Gasteiger partial charge in [-0.05, 0) is 26.0 Å². The summed E-state index contributed by atoms with van der Waals surface area (Å²) in [5.74, 6) is -1.03. The first-order valence-corrected chi connectivity index (χ1v) is 8.43. The van der Waals surface area contributed by atoms with Gasteiger partial charge in [0.05, 0.1) is 25.4 Å². The fourth-order valence-electron chi connectivity index (χ4n) is 1.63. The van der Waals surface area contributed by atoms with Crippen LogP contribution in [0.3, 0.4) is 0 Å². The lowest BCUT2D eigenvalue weighted by atomic mass is 10.1. The molecular weight excluding hydrogens is 376 g/mol. The monoisotopic (exact) mass is 390 g/mol. The number of rotatable bonds is 7. The summed E-state index contributed by atoms with van der Waals surface area (Å²) in [6, 6.07) is 1.52. The van der Waals surface area contributed by atoms with Crippen LogP contribution in [0.2, 0.25) is 0 Å². The molecule has 0 unspecified atom stereocenters. The predicted molar refractivity (Wildman–Crippen MR) is 74.8 cm³/mol. The zero-order valence-corrected chi connectivity index (χ0v) is 13.9. The molecular formula is C12H15BrF3O4P. The highest BCUT2D eigenvalue weighted by molar-refractivity contribution is 9.10. The lowest BCUT2D eigenvalue weighted by Crippen LogP contribution is -2.19. The summed E-state index contributed by atoms with van der Waals surface area (Å²) >= 11 is 2.86. The van der Waals surface area contributed by atoms with Crippen molar-refractivity contribution in [2.45, 2.75) is 26.1 Å². The van der Waals surface area contributed by atoms with Crippen LogP contribution in [0.25, 0.3) is 0 Å². The molecule has 0 spiro atoms. The first kappa shape index (κ1) is 18.6. The molecule has 0 aromatic heterocycles. The molecule has 0 atom stereocenters. The van der Waals surface area contributed by atoms with Crippen LogP contribution in [0.5, 0.6) is 0 Å². The zero-order chi connectivity index (χ0) is 16.3. The molecule has 1 rings (SSSR count). The summed E-state index contributed by atoms with van der Waals surface area (Å²) in [6.45, 7) is 1.65. The van der Waals surface area contributed by atoms with Gasteiger partial charge in [0, 0.05) is 10.0 Å². The molecule has 9 heteroatoms. The quantitative estimate of drug-likeness (QED) is 0.701. The van der Waals surface area contributed by atoms with Crippen LogP contribution in [0.15, 0.2) is 16.6 Å². The van der Waals surface area contributed by atoms with E-state index in [1.807, 2.05) is 0 Å². The SMILES string of the molecule is CCOP(=O)(OCC)C(F)(F)c1cc(F)c(CO)cc1Br. The van der Waals surface area contributed by atoms with Crippen molar-refractivity contribution in [2.75, 3.05) is 13.2 Å². The Labute approximate surface area is 128 Å². The van der Waals surface area contributed by atoms with E-state index >= 15 is 0 Å². The topological polar surface area (TPSA) is 55.8 Å². The van der Waals surface area contributed by atoms with Crippen molar-refractivity contribution in [3.05, 3.63) is 33.5 Å². The van der Waals surface area contributed by atoms with E-state index in [9.17, 15) is 17.7 Å². The molecule has 0 amide bonds. The van der Waals surface area contributed by atoms with Gasteiger partial charge in [-0.3, -0.25) is 4.57 Å². The molecule has 0 radical (unpaired) electrons. The van der Waals surface area contributed by atoms with Gasteiger partial charge in [-0.2, -0.15) is 8.78 Å². The van der Waals surface area contributed by atoms with Crippen LogP contribution in [0, 0.1) is 5.82 Å². The molecule has 0 heterocycles. The van der Waals surface area contributed by atoms with Gasteiger partial charge in [0.15, 0.2) is 0 Å². The average Bonchev–Trinajstić information content (AvgIpc) is 2.41. The van der Waals surface area contributed by atoms with Crippen molar-refractivity contribution in [3.63, 3.8) is 0 Å². The highest BCUT2D eigenvalue weighted by Gasteiger charge is 2.55. The summed E-state index contributed by atoms with van der Waals surface area (Å²) in [6.07, 6.45) is 0. The number of hydrogen-bond acceptors (Lipinski definition) is 4. The number of aliphatic hydroxyl groups excluding tert-OH is 1. The minimum atomic E-state index is -4.81. The predicted octanol–water partition coefficient (Wildman–Crippen LogP) is 4.40. The number of hydrogen-bond donors (Lipinski definition) is 1. The van der Waals surface area contributed by atoms with E-state index in [0.717, 1.165) is 6.07 Å².